The molecule has 1 aromatic carbocycles. The molecule has 1 aromatic rings. The summed E-state index contributed by atoms with van der Waals surface area (Å²) in [6, 6.07) is 5.17. The molecule has 0 aliphatic carbocycles. The lowest BCUT2D eigenvalue weighted by atomic mass is 10.00. The summed E-state index contributed by atoms with van der Waals surface area (Å²) in [5.74, 6) is -0.191. The van der Waals surface area contributed by atoms with Crippen LogP contribution in [-0.2, 0) is 12.6 Å². The summed E-state index contributed by atoms with van der Waals surface area (Å²) < 4.78 is 42.8. The zero-order valence-corrected chi connectivity index (χ0v) is 8.80. The van der Waals surface area contributed by atoms with E-state index in [-0.39, 0.29) is 16.9 Å². The van der Waals surface area contributed by atoms with Crippen molar-refractivity contribution in [3.63, 3.8) is 0 Å². The Balaban J connectivity index is 3.56. The molecular formula is C11H7F3N2O. The molecule has 0 amide bonds. The van der Waals surface area contributed by atoms with Gasteiger partial charge in [-0.3, -0.25) is 0 Å². The zero-order chi connectivity index (χ0) is 13.1. The molecule has 0 aliphatic rings. The Labute approximate surface area is 95.7 Å². The highest BCUT2D eigenvalue weighted by Crippen LogP contribution is 2.37. The lowest BCUT2D eigenvalue weighted by Crippen LogP contribution is -2.11. The molecule has 0 fully saturated rings. The van der Waals surface area contributed by atoms with Gasteiger partial charge in [-0.1, -0.05) is 0 Å². The largest absolute Gasteiger partial charge is 0.495 e. The SMILES string of the molecule is COc1c(C#N)ccc(C(F)(F)F)c1CC#N. The van der Waals surface area contributed by atoms with Crippen molar-refractivity contribution in [1.29, 1.82) is 10.5 Å². The minimum atomic E-state index is -4.58. The number of hydrogen-bond acceptors (Lipinski definition) is 3. The maximum absolute atomic E-state index is 12.7. The highest BCUT2D eigenvalue weighted by Gasteiger charge is 2.35. The Hall–Kier alpha value is -2.21. The Bertz CT molecular complexity index is 509. The number of methoxy groups -OCH3 is 1. The molecule has 6 heteroatoms. The third-order valence-corrected chi connectivity index (χ3v) is 2.15. The van der Waals surface area contributed by atoms with E-state index in [0.717, 1.165) is 19.2 Å². The molecule has 0 atom stereocenters. The summed E-state index contributed by atoms with van der Waals surface area (Å²) in [6.45, 7) is 0. The van der Waals surface area contributed by atoms with Gasteiger partial charge in [0.05, 0.1) is 30.7 Å². The van der Waals surface area contributed by atoms with E-state index in [1.807, 2.05) is 0 Å². The molecule has 88 valence electrons. The summed E-state index contributed by atoms with van der Waals surface area (Å²) in [4.78, 5) is 0. The van der Waals surface area contributed by atoms with Crippen molar-refractivity contribution in [3.05, 3.63) is 28.8 Å². The molecule has 0 saturated carbocycles. The van der Waals surface area contributed by atoms with Crippen LogP contribution in [0.25, 0.3) is 0 Å². The van der Waals surface area contributed by atoms with E-state index >= 15 is 0 Å². The number of halogens is 3. The topological polar surface area (TPSA) is 56.8 Å². The minimum Gasteiger partial charge on any atom is -0.495 e. The summed E-state index contributed by atoms with van der Waals surface area (Å²) in [7, 11) is 1.16. The standard InChI is InChI=1S/C11H7F3N2O/c1-17-10-7(6-16)2-3-9(11(12,13)14)8(10)4-5-15/h2-3H,4H2,1H3. The molecule has 0 N–H and O–H groups in total. The Kier molecular flexibility index (Phi) is 3.59. The molecule has 0 saturated heterocycles. The fourth-order valence-electron chi connectivity index (χ4n) is 1.47. The maximum atomic E-state index is 12.7. The lowest BCUT2D eigenvalue weighted by molar-refractivity contribution is -0.138. The van der Waals surface area contributed by atoms with Crippen LogP contribution in [0.2, 0.25) is 0 Å². The van der Waals surface area contributed by atoms with Gasteiger partial charge in [-0.15, -0.1) is 0 Å². The summed E-state index contributed by atoms with van der Waals surface area (Å²) in [5.41, 5.74) is -1.28. The van der Waals surface area contributed by atoms with Crippen LogP contribution in [0.15, 0.2) is 12.1 Å². The summed E-state index contributed by atoms with van der Waals surface area (Å²) in [5, 5.41) is 17.3. The van der Waals surface area contributed by atoms with Gasteiger partial charge in [0.25, 0.3) is 0 Å². The molecule has 17 heavy (non-hydrogen) atoms. The maximum Gasteiger partial charge on any atom is 0.416 e. The smallest absolute Gasteiger partial charge is 0.416 e. The minimum absolute atomic E-state index is 0.0225. The highest BCUT2D eigenvalue weighted by molar-refractivity contribution is 5.53. The number of rotatable bonds is 2. The molecule has 0 bridgehead atoms. The summed E-state index contributed by atoms with van der Waals surface area (Å²) in [6.07, 6.45) is -5.04. The second-order valence-electron chi connectivity index (χ2n) is 3.12. The van der Waals surface area contributed by atoms with Crippen LogP contribution in [0.4, 0.5) is 13.2 Å². The van der Waals surface area contributed by atoms with Gasteiger partial charge in [-0.05, 0) is 12.1 Å². The van der Waals surface area contributed by atoms with Crippen LogP contribution in [0, 0.1) is 22.7 Å². The second-order valence-corrected chi connectivity index (χ2v) is 3.12. The molecule has 0 radical (unpaired) electrons. The average molecular weight is 240 g/mol. The first-order valence-electron chi connectivity index (χ1n) is 4.49. The predicted molar refractivity (Wildman–Crippen MR) is 52.0 cm³/mol. The molecule has 3 nitrogen and oxygen atoms in total. The van der Waals surface area contributed by atoms with Crippen LogP contribution < -0.4 is 4.74 Å². The van der Waals surface area contributed by atoms with Gasteiger partial charge in [0.15, 0.2) is 0 Å². The molecule has 0 unspecified atom stereocenters. The first kappa shape index (κ1) is 12.9. The van der Waals surface area contributed by atoms with Gasteiger partial charge in [0, 0.05) is 5.56 Å². The van der Waals surface area contributed by atoms with Gasteiger partial charge >= 0.3 is 6.18 Å². The third-order valence-electron chi connectivity index (χ3n) is 2.15. The Morgan fingerprint density at radius 2 is 1.94 bits per heavy atom. The van der Waals surface area contributed by atoms with E-state index in [1.54, 1.807) is 12.1 Å². The molecular weight excluding hydrogens is 233 g/mol. The first-order valence-corrected chi connectivity index (χ1v) is 4.49. The van der Waals surface area contributed by atoms with Crippen molar-refractivity contribution in [3.8, 4) is 17.9 Å². The Morgan fingerprint density at radius 1 is 1.29 bits per heavy atom. The number of hydrogen-bond donors (Lipinski definition) is 0. The van der Waals surface area contributed by atoms with Crippen LogP contribution in [0.3, 0.4) is 0 Å². The van der Waals surface area contributed by atoms with Crippen molar-refractivity contribution in [1.82, 2.24) is 0 Å². The van der Waals surface area contributed by atoms with E-state index < -0.39 is 18.2 Å². The van der Waals surface area contributed by atoms with E-state index in [2.05, 4.69) is 0 Å². The van der Waals surface area contributed by atoms with Crippen LogP contribution in [-0.4, -0.2) is 7.11 Å². The molecule has 0 aromatic heterocycles. The third kappa shape index (κ3) is 2.48. The first-order chi connectivity index (χ1) is 7.95. The van der Waals surface area contributed by atoms with E-state index in [9.17, 15) is 13.2 Å². The van der Waals surface area contributed by atoms with E-state index in [1.165, 1.54) is 0 Å². The lowest BCUT2D eigenvalue weighted by Gasteiger charge is -2.15. The number of nitrogens with zero attached hydrogens (tertiary/aromatic N) is 2. The van der Waals surface area contributed by atoms with Crippen LogP contribution in [0.5, 0.6) is 5.75 Å². The highest BCUT2D eigenvalue weighted by atomic mass is 19.4. The van der Waals surface area contributed by atoms with Crippen molar-refractivity contribution in [2.75, 3.05) is 7.11 Å². The van der Waals surface area contributed by atoms with Crippen molar-refractivity contribution in [2.24, 2.45) is 0 Å². The zero-order valence-electron chi connectivity index (χ0n) is 8.80. The number of nitriles is 2. The number of alkyl halides is 3. The van der Waals surface area contributed by atoms with E-state index in [0.29, 0.717) is 0 Å². The quantitative estimate of drug-likeness (QED) is 0.798. The fraction of sp³-hybridized carbons (Fsp3) is 0.273. The van der Waals surface area contributed by atoms with E-state index in [4.69, 9.17) is 15.3 Å². The molecule has 0 aliphatic heterocycles. The molecule has 0 spiro atoms. The van der Waals surface area contributed by atoms with Gasteiger partial charge in [0.1, 0.15) is 11.8 Å². The normalized spacial score (nSPS) is 10.5. The predicted octanol–water partition coefficient (Wildman–Crippen LogP) is 2.65. The molecule has 1 rings (SSSR count). The van der Waals surface area contributed by atoms with Gasteiger partial charge in [-0.25, -0.2) is 0 Å². The van der Waals surface area contributed by atoms with Crippen LogP contribution >= 0.6 is 0 Å². The Morgan fingerprint density at radius 3 is 2.35 bits per heavy atom. The summed E-state index contributed by atoms with van der Waals surface area (Å²) >= 11 is 0. The van der Waals surface area contributed by atoms with Crippen LogP contribution in [0.1, 0.15) is 16.7 Å². The average Bonchev–Trinajstić information content (AvgIpc) is 2.27. The van der Waals surface area contributed by atoms with Crippen molar-refractivity contribution >= 4 is 0 Å². The van der Waals surface area contributed by atoms with Crippen molar-refractivity contribution < 1.29 is 17.9 Å². The fourth-order valence-corrected chi connectivity index (χ4v) is 1.47. The van der Waals surface area contributed by atoms with Gasteiger partial charge in [0.2, 0.25) is 0 Å². The number of ether oxygens (including phenoxy) is 1. The number of benzene rings is 1. The molecule has 0 heterocycles. The second kappa shape index (κ2) is 4.75. The monoisotopic (exact) mass is 240 g/mol. The van der Waals surface area contributed by atoms with Crippen molar-refractivity contribution in [2.45, 2.75) is 12.6 Å². The van der Waals surface area contributed by atoms with Gasteiger partial charge < -0.3 is 4.74 Å². The van der Waals surface area contributed by atoms with Gasteiger partial charge in [-0.2, -0.15) is 23.7 Å².